The Kier molecular flexibility index (Phi) is 7.23. The summed E-state index contributed by atoms with van der Waals surface area (Å²) in [5, 5.41) is 0. The number of aryl methyl sites for hydroxylation is 1. The fourth-order valence-corrected chi connectivity index (χ4v) is 5.02. The van der Waals surface area contributed by atoms with Crippen LogP contribution in [0, 0.1) is 0 Å². The summed E-state index contributed by atoms with van der Waals surface area (Å²) in [4.78, 5) is 4.72. The highest BCUT2D eigenvalue weighted by atomic mass is 79.9. The Morgan fingerprint density at radius 3 is 2.60 bits per heavy atom. The van der Waals surface area contributed by atoms with Gasteiger partial charge in [0, 0.05) is 11.4 Å². The molecule has 0 fully saturated rings. The van der Waals surface area contributed by atoms with E-state index in [0.29, 0.717) is 25.5 Å². The number of nitrogens with zero attached hydrogens (tertiary/aromatic N) is 1. The van der Waals surface area contributed by atoms with Crippen LogP contribution in [0.5, 0.6) is 0 Å². The first-order valence-electron chi connectivity index (χ1n) is 8.98. The maximum Gasteiger partial charge on any atom is 0.221 e. The topological polar surface area (TPSA) is 30.8 Å². The molecule has 3 nitrogen and oxygen atoms in total. The second-order valence-electron chi connectivity index (χ2n) is 7.42. The van der Waals surface area contributed by atoms with Crippen molar-refractivity contribution in [2.24, 2.45) is 4.99 Å². The Morgan fingerprint density at radius 1 is 1.36 bits per heavy atom. The first-order chi connectivity index (χ1) is 11.8. The number of rotatable bonds is 9. The molecule has 1 aliphatic heterocycles. The molecule has 0 N–H and O–H groups in total. The normalized spacial score (nSPS) is 21.8. The van der Waals surface area contributed by atoms with Gasteiger partial charge in [-0.1, -0.05) is 41.4 Å². The lowest BCUT2D eigenvalue weighted by atomic mass is 9.94. The second-order valence-corrected chi connectivity index (χ2v) is 12.5. The number of ether oxygens (including phenoxy) is 1. The quantitative estimate of drug-likeness (QED) is 0.487. The standard InChI is InChI=1S/C19H29BrFNO2Si/c1-5-6-18(21)25(3,4)24-14-19(13-23-15(2)22-19)12-11-16-7-9-17(20)10-8-16/h7-10,18H,5-6,11-14H2,1-4H3. The second kappa shape index (κ2) is 8.78. The summed E-state index contributed by atoms with van der Waals surface area (Å²) < 4.78 is 27.3. The summed E-state index contributed by atoms with van der Waals surface area (Å²) in [6.07, 6.45) is 3.15. The van der Waals surface area contributed by atoms with E-state index in [4.69, 9.17) is 14.2 Å². The molecular formula is C19H29BrFNO2Si. The molecule has 25 heavy (non-hydrogen) atoms. The molecule has 0 radical (unpaired) electrons. The van der Waals surface area contributed by atoms with Crippen molar-refractivity contribution in [3.05, 3.63) is 34.3 Å². The fourth-order valence-electron chi connectivity index (χ4n) is 2.95. The molecule has 6 heteroatoms. The summed E-state index contributed by atoms with van der Waals surface area (Å²) in [5.74, 6) is -0.141. The van der Waals surface area contributed by atoms with Gasteiger partial charge < -0.3 is 9.16 Å². The van der Waals surface area contributed by atoms with Crippen molar-refractivity contribution in [2.75, 3.05) is 13.2 Å². The van der Waals surface area contributed by atoms with E-state index in [-0.39, 0.29) is 0 Å². The van der Waals surface area contributed by atoms with E-state index in [0.717, 1.165) is 23.7 Å². The predicted molar refractivity (Wildman–Crippen MR) is 107 cm³/mol. The SMILES string of the molecule is CCCC(F)[Si](C)(C)OCC1(CCc2ccc(Br)cc2)COC(C)=N1. The van der Waals surface area contributed by atoms with Crippen LogP contribution in [0.4, 0.5) is 4.39 Å². The van der Waals surface area contributed by atoms with Crippen LogP contribution >= 0.6 is 15.9 Å². The van der Waals surface area contributed by atoms with Crippen LogP contribution in [0.1, 0.15) is 38.7 Å². The highest BCUT2D eigenvalue weighted by Gasteiger charge is 2.40. The van der Waals surface area contributed by atoms with E-state index in [1.165, 1.54) is 5.56 Å². The van der Waals surface area contributed by atoms with Crippen LogP contribution < -0.4 is 0 Å². The molecule has 0 amide bonds. The predicted octanol–water partition coefficient (Wildman–Crippen LogP) is 5.47. The molecule has 0 bridgehead atoms. The van der Waals surface area contributed by atoms with E-state index >= 15 is 0 Å². The Hall–Kier alpha value is -0.723. The van der Waals surface area contributed by atoms with Gasteiger partial charge in [-0.05, 0) is 50.1 Å². The first kappa shape index (κ1) is 20.6. The van der Waals surface area contributed by atoms with E-state index in [1.54, 1.807) is 0 Å². The van der Waals surface area contributed by atoms with Gasteiger partial charge in [0.2, 0.25) is 8.32 Å². The van der Waals surface area contributed by atoms with Crippen molar-refractivity contribution in [3.8, 4) is 0 Å². The Labute approximate surface area is 160 Å². The van der Waals surface area contributed by atoms with Gasteiger partial charge in [-0.25, -0.2) is 9.38 Å². The molecule has 1 aliphatic rings. The molecule has 0 aromatic heterocycles. The molecule has 1 aromatic carbocycles. The van der Waals surface area contributed by atoms with Crippen LogP contribution in [-0.2, 0) is 15.6 Å². The van der Waals surface area contributed by atoms with Crippen molar-refractivity contribution >= 4 is 30.1 Å². The number of benzene rings is 1. The van der Waals surface area contributed by atoms with Crippen molar-refractivity contribution in [1.29, 1.82) is 0 Å². The van der Waals surface area contributed by atoms with Gasteiger partial charge >= 0.3 is 0 Å². The average molecular weight is 430 g/mol. The monoisotopic (exact) mass is 429 g/mol. The number of alkyl halides is 1. The van der Waals surface area contributed by atoms with Crippen molar-refractivity contribution in [2.45, 2.75) is 64.0 Å². The van der Waals surface area contributed by atoms with Crippen LogP contribution in [0.2, 0.25) is 13.1 Å². The minimum absolute atomic E-state index is 0.395. The fraction of sp³-hybridized carbons (Fsp3) is 0.632. The summed E-state index contributed by atoms with van der Waals surface area (Å²) in [6.45, 7) is 8.76. The molecule has 0 spiro atoms. The molecule has 1 aromatic rings. The zero-order valence-electron chi connectivity index (χ0n) is 15.6. The largest absolute Gasteiger partial charge is 0.479 e. The zero-order valence-corrected chi connectivity index (χ0v) is 18.2. The van der Waals surface area contributed by atoms with E-state index in [2.05, 4.69) is 28.1 Å². The Morgan fingerprint density at radius 2 is 2.04 bits per heavy atom. The van der Waals surface area contributed by atoms with E-state index in [1.807, 2.05) is 39.1 Å². The maximum atomic E-state index is 14.4. The summed E-state index contributed by atoms with van der Waals surface area (Å²) in [5.41, 5.74) is 0.862. The number of halogens is 2. The van der Waals surface area contributed by atoms with Gasteiger partial charge in [-0.2, -0.15) is 0 Å². The highest BCUT2D eigenvalue weighted by molar-refractivity contribution is 9.10. The molecule has 1 heterocycles. The van der Waals surface area contributed by atoms with Crippen LogP contribution in [0.25, 0.3) is 0 Å². The average Bonchev–Trinajstić information content (AvgIpc) is 2.95. The molecule has 140 valence electrons. The van der Waals surface area contributed by atoms with Gasteiger partial charge in [0.05, 0.1) is 6.61 Å². The van der Waals surface area contributed by atoms with E-state index in [9.17, 15) is 4.39 Å². The Balaban J connectivity index is 2.01. The number of aliphatic imine (C=N–C) groups is 1. The third-order valence-corrected chi connectivity index (χ3v) is 7.96. The summed E-state index contributed by atoms with van der Waals surface area (Å²) >= 11 is 3.46. The smallest absolute Gasteiger partial charge is 0.221 e. The third-order valence-electron chi connectivity index (χ3n) is 4.75. The summed E-state index contributed by atoms with van der Waals surface area (Å²) in [6, 6.07) is 8.32. The van der Waals surface area contributed by atoms with Gasteiger partial charge in [0.1, 0.15) is 17.9 Å². The molecular weight excluding hydrogens is 401 g/mol. The van der Waals surface area contributed by atoms with Crippen molar-refractivity contribution in [1.82, 2.24) is 0 Å². The van der Waals surface area contributed by atoms with Crippen molar-refractivity contribution in [3.63, 3.8) is 0 Å². The zero-order chi connectivity index (χ0) is 18.5. The highest BCUT2D eigenvalue weighted by Crippen LogP contribution is 2.29. The minimum atomic E-state index is -2.38. The van der Waals surface area contributed by atoms with Gasteiger partial charge in [0.25, 0.3) is 0 Å². The third kappa shape index (κ3) is 5.90. The summed E-state index contributed by atoms with van der Waals surface area (Å²) in [7, 11) is -2.38. The Bertz CT molecular complexity index is 594. The molecule has 0 aliphatic carbocycles. The lowest BCUT2D eigenvalue weighted by Crippen LogP contribution is -2.47. The molecule has 2 unspecified atom stereocenters. The van der Waals surface area contributed by atoms with Gasteiger partial charge in [0.15, 0.2) is 5.90 Å². The van der Waals surface area contributed by atoms with Crippen LogP contribution in [-0.4, -0.2) is 38.8 Å². The van der Waals surface area contributed by atoms with Crippen LogP contribution in [0.15, 0.2) is 33.7 Å². The minimum Gasteiger partial charge on any atom is -0.479 e. The lowest BCUT2D eigenvalue weighted by Gasteiger charge is -2.32. The first-order valence-corrected chi connectivity index (χ1v) is 12.8. The van der Waals surface area contributed by atoms with Crippen LogP contribution in [0.3, 0.4) is 0 Å². The molecule has 2 atom stereocenters. The van der Waals surface area contributed by atoms with E-state index < -0.39 is 19.7 Å². The number of hydrogen-bond donors (Lipinski definition) is 0. The molecule has 2 rings (SSSR count). The van der Waals surface area contributed by atoms with Crippen molar-refractivity contribution < 1.29 is 13.6 Å². The molecule has 0 saturated carbocycles. The lowest BCUT2D eigenvalue weighted by molar-refractivity contribution is 0.150. The van der Waals surface area contributed by atoms with Gasteiger partial charge in [-0.15, -0.1) is 0 Å². The number of hydrogen-bond acceptors (Lipinski definition) is 3. The maximum absolute atomic E-state index is 14.4. The van der Waals surface area contributed by atoms with Gasteiger partial charge in [-0.3, -0.25) is 0 Å². The molecule has 0 saturated heterocycles.